The summed E-state index contributed by atoms with van der Waals surface area (Å²) in [4.78, 5) is 12.3. The van der Waals surface area contributed by atoms with Gasteiger partial charge in [-0.05, 0) is 40.4 Å². The molecule has 22 heavy (non-hydrogen) atoms. The zero-order chi connectivity index (χ0) is 15.9. The van der Waals surface area contributed by atoms with E-state index in [1.165, 1.54) is 21.9 Å². The van der Waals surface area contributed by atoms with Crippen LogP contribution in [0.5, 0.6) is 5.75 Å². The number of carbonyl (C=O) groups excluding carboxylic acids is 1. The van der Waals surface area contributed by atoms with E-state index in [1.54, 1.807) is 7.11 Å². The highest BCUT2D eigenvalue weighted by Crippen LogP contribution is 2.29. The van der Waals surface area contributed by atoms with Gasteiger partial charge in [-0.25, -0.2) is 0 Å². The molecule has 0 saturated heterocycles. The highest BCUT2D eigenvalue weighted by molar-refractivity contribution is 6.89. The maximum atomic E-state index is 12.3. The van der Waals surface area contributed by atoms with E-state index in [2.05, 4.69) is 43.9 Å². The van der Waals surface area contributed by atoms with Crippen molar-refractivity contribution in [2.75, 3.05) is 7.11 Å². The molecule has 0 N–H and O–H groups in total. The number of benzene rings is 2. The van der Waals surface area contributed by atoms with Crippen LogP contribution in [-0.2, 0) is 6.42 Å². The summed E-state index contributed by atoms with van der Waals surface area (Å²) in [6.07, 6.45) is 1.55. The number of ether oxygens (including phenoxy) is 1. The molecule has 0 heterocycles. The average molecular weight is 310 g/mol. The topological polar surface area (TPSA) is 26.3 Å². The molecule has 0 spiro atoms. The molecule has 0 unspecified atom stereocenters. The van der Waals surface area contributed by atoms with Crippen LogP contribution in [0.2, 0.25) is 19.6 Å². The predicted octanol–water partition coefficient (Wildman–Crippen LogP) is 4.04. The maximum absolute atomic E-state index is 12.3. The molecule has 2 aromatic rings. The molecular formula is C19H22O2Si. The van der Waals surface area contributed by atoms with Gasteiger partial charge in [0.25, 0.3) is 0 Å². The number of hydrogen-bond acceptors (Lipinski definition) is 2. The molecule has 114 valence electrons. The van der Waals surface area contributed by atoms with Crippen LogP contribution in [0, 0.1) is 0 Å². The third-order valence-corrected chi connectivity index (χ3v) is 6.36. The Bertz CT molecular complexity index is 724. The molecule has 0 bridgehead atoms. The van der Waals surface area contributed by atoms with Gasteiger partial charge in [0.15, 0.2) is 5.78 Å². The Hall–Kier alpha value is -1.87. The fraction of sp³-hybridized carbons (Fsp3) is 0.316. The van der Waals surface area contributed by atoms with Crippen molar-refractivity contribution < 1.29 is 9.53 Å². The van der Waals surface area contributed by atoms with Gasteiger partial charge in [0.05, 0.1) is 15.2 Å². The van der Waals surface area contributed by atoms with Crippen LogP contribution in [-0.4, -0.2) is 21.0 Å². The van der Waals surface area contributed by atoms with E-state index in [-0.39, 0.29) is 0 Å². The van der Waals surface area contributed by atoms with Crippen LogP contribution in [0.15, 0.2) is 36.4 Å². The summed E-state index contributed by atoms with van der Waals surface area (Å²) >= 11 is 0. The van der Waals surface area contributed by atoms with Gasteiger partial charge in [-0.2, -0.15) is 0 Å². The maximum Gasteiger partial charge on any atom is 0.163 e. The minimum Gasteiger partial charge on any atom is -0.497 e. The summed E-state index contributed by atoms with van der Waals surface area (Å²) in [5, 5.41) is 1.30. The van der Waals surface area contributed by atoms with Crippen molar-refractivity contribution in [2.24, 2.45) is 0 Å². The SMILES string of the molecule is COc1ccc(-c2cc3c(c([Si](C)(C)C)c2)C(=O)CC3)cc1. The van der Waals surface area contributed by atoms with Crippen molar-refractivity contribution in [3.8, 4) is 16.9 Å². The largest absolute Gasteiger partial charge is 0.497 e. The third-order valence-electron chi connectivity index (χ3n) is 4.35. The Kier molecular flexibility index (Phi) is 3.69. The van der Waals surface area contributed by atoms with Crippen LogP contribution >= 0.6 is 0 Å². The Morgan fingerprint density at radius 1 is 0.955 bits per heavy atom. The van der Waals surface area contributed by atoms with E-state index in [1.807, 2.05) is 12.1 Å². The third kappa shape index (κ3) is 2.61. The summed E-state index contributed by atoms with van der Waals surface area (Å²) < 4.78 is 5.23. The van der Waals surface area contributed by atoms with E-state index in [9.17, 15) is 4.79 Å². The Labute approximate surface area is 133 Å². The fourth-order valence-electron chi connectivity index (χ4n) is 3.14. The Morgan fingerprint density at radius 3 is 2.23 bits per heavy atom. The summed E-state index contributed by atoms with van der Waals surface area (Å²) in [6, 6.07) is 12.6. The van der Waals surface area contributed by atoms with E-state index in [0.717, 1.165) is 17.7 Å². The monoisotopic (exact) mass is 310 g/mol. The number of Topliss-reactive ketones (excluding diaryl/α,β-unsaturated/α-hetero) is 1. The van der Waals surface area contributed by atoms with Crippen LogP contribution in [0.3, 0.4) is 0 Å². The van der Waals surface area contributed by atoms with Crippen LogP contribution < -0.4 is 9.92 Å². The van der Waals surface area contributed by atoms with Gasteiger partial charge >= 0.3 is 0 Å². The zero-order valence-corrected chi connectivity index (χ0v) is 14.7. The van der Waals surface area contributed by atoms with E-state index >= 15 is 0 Å². The molecule has 1 aliphatic rings. The van der Waals surface area contributed by atoms with Crippen molar-refractivity contribution >= 4 is 19.0 Å². The van der Waals surface area contributed by atoms with Gasteiger partial charge in [0.1, 0.15) is 5.75 Å². The molecule has 3 heteroatoms. The summed E-state index contributed by atoms with van der Waals surface area (Å²) in [7, 11) is 0.120. The zero-order valence-electron chi connectivity index (χ0n) is 13.7. The van der Waals surface area contributed by atoms with Gasteiger partial charge in [0.2, 0.25) is 0 Å². The second-order valence-corrected chi connectivity index (χ2v) is 12.0. The molecule has 0 radical (unpaired) electrons. The van der Waals surface area contributed by atoms with Crippen molar-refractivity contribution in [3.05, 3.63) is 47.5 Å². The van der Waals surface area contributed by atoms with Crippen LogP contribution in [0.4, 0.5) is 0 Å². The van der Waals surface area contributed by atoms with Gasteiger partial charge in [-0.3, -0.25) is 4.79 Å². The van der Waals surface area contributed by atoms with Gasteiger partial charge in [-0.15, -0.1) is 0 Å². The molecule has 0 fully saturated rings. The lowest BCUT2D eigenvalue weighted by Gasteiger charge is -2.22. The second kappa shape index (κ2) is 5.40. The molecule has 3 rings (SSSR count). The standard InChI is InChI=1S/C19H22O2Si/c1-21-16-8-5-13(6-9-16)15-11-14-7-10-17(20)19(14)18(12-15)22(2,3)4/h5-6,8-9,11-12H,7,10H2,1-4H3. The minimum atomic E-state index is -1.56. The lowest BCUT2D eigenvalue weighted by molar-refractivity contribution is 0.0995. The van der Waals surface area contributed by atoms with Crippen LogP contribution in [0.25, 0.3) is 11.1 Å². The smallest absolute Gasteiger partial charge is 0.163 e. The number of hydrogen-bond donors (Lipinski definition) is 0. The number of carbonyl (C=O) groups is 1. The lowest BCUT2D eigenvalue weighted by atomic mass is 10.00. The minimum absolute atomic E-state index is 0.328. The molecule has 0 saturated carbocycles. The summed E-state index contributed by atoms with van der Waals surface area (Å²) in [5.41, 5.74) is 4.66. The molecule has 0 aliphatic heterocycles. The second-order valence-electron chi connectivity index (χ2n) is 6.96. The van der Waals surface area contributed by atoms with Crippen molar-refractivity contribution in [3.63, 3.8) is 0 Å². The predicted molar refractivity (Wildman–Crippen MR) is 94.1 cm³/mol. The first-order valence-corrected chi connectivity index (χ1v) is 11.2. The van der Waals surface area contributed by atoms with Gasteiger partial charge in [-0.1, -0.05) is 43.9 Å². The van der Waals surface area contributed by atoms with Gasteiger partial charge in [0, 0.05) is 12.0 Å². The Morgan fingerprint density at radius 2 is 1.64 bits per heavy atom. The van der Waals surface area contributed by atoms with E-state index in [4.69, 9.17) is 4.74 Å². The number of ketones is 1. The fourth-order valence-corrected chi connectivity index (χ4v) is 4.78. The number of aryl methyl sites for hydroxylation is 1. The molecule has 0 aromatic heterocycles. The number of rotatable bonds is 3. The number of fused-ring (bicyclic) bond motifs is 1. The molecule has 0 atom stereocenters. The first-order chi connectivity index (χ1) is 10.4. The molecule has 2 aromatic carbocycles. The normalized spacial score (nSPS) is 14.1. The number of methoxy groups -OCH3 is 1. The molecular weight excluding hydrogens is 288 g/mol. The van der Waals surface area contributed by atoms with Crippen LogP contribution in [0.1, 0.15) is 22.3 Å². The molecule has 2 nitrogen and oxygen atoms in total. The molecule has 0 amide bonds. The first-order valence-electron chi connectivity index (χ1n) is 7.75. The lowest BCUT2D eigenvalue weighted by Crippen LogP contribution is -2.41. The van der Waals surface area contributed by atoms with Gasteiger partial charge < -0.3 is 4.74 Å². The Balaban J connectivity index is 2.15. The highest BCUT2D eigenvalue weighted by Gasteiger charge is 2.30. The highest BCUT2D eigenvalue weighted by atomic mass is 28.3. The van der Waals surface area contributed by atoms with E-state index < -0.39 is 8.07 Å². The molecule has 1 aliphatic carbocycles. The summed E-state index contributed by atoms with van der Waals surface area (Å²) in [6.45, 7) is 6.93. The van der Waals surface area contributed by atoms with E-state index in [0.29, 0.717) is 12.2 Å². The van der Waals surface area contributed by atoms with Crippen molar-refractivity contribution in [2.45, 2.75) is 32.5 Å². The summed E-state index contributed by atoms with van der Waals surface area (Å²) in [5.74, 6) is 1.19. The van der Waals surface area contributed by atoms with Crippen molar-refractivity contribution in [1.82, 2.24) is 0 Å². The first kappa shape index (κ1) is 15.0. The average Bonchev–Trinajstić information content (AvgIpc) is 2.87. The quantitative estimate of drug-likeness (QED) is 0.800. The van der Waals surface area contributed by atoms with Crippen molar-refractivity contribution in [1.29, 1.82) is 0 Å².